The van der Waals surface area contributed by atoms with Gasteiger partial charge in [-0.25, -0.2) is 4.98 Å². The molecule has 4 nitrogen and oxygen atoms in total. The summed E-state index contributed by atoms with van der Waals surface area (Å²) in [4.78, 5) is 4.34. The zero-order valence-electron chi connectivity index (χ0n) is 15.6. The second-order valence-electron chi connectivity index (χ2n) is 6.99. The van der Waals surface area contributed by atoms with Gasteiger partial charge in [-0.1, -0.05) is 30.3 Å². The Hall–Kier alpha value is -3.06. The molecule has 29 heavy (non-hydrogen) atoms. The first-order valence-electron chi connectivity index (χ1n) is 9.17. The number of aliphatic hydroxyl groups is 1. The van der Waals surface area contributed by atoms with Gasteiger partial charge in [-0.05, 0) is 48.0 Å². The number of benzene rings is 3. The van der Waals surface area contributed by atoms with Gasteiger partial charge in [0.05, 0.1) is 29.2 Å². The summed E-state index contributed by atoms with van der Waals surface area (Å²) in [6.07, 6.45) is -5.13. The quantitative estimate of drug-likeness (QED) is 0.503. The molecule has 3 aromatic carbocycles. The summed E-state index contributed by atoms with van der Waals surface area (Å²) in [6, 6.07) is 17.0. The summed E-state index contributed by atoms with van der Waals surface area (Å²) in [7, 11) is 0. The van der Waals surface area contributed by atoms with Crippen LogP contribution in [-0.2, 0) is 19.3 Å². The highest BCUT2D eigenvalue weighted by Gasteiger charge is 2.31. The lowest BCUT2D eigenvalue weighted by Gasteiger charge is -2.13. The van der Waals surface area contributed by atoms with E-state index in [1.54, 1.807) is 11.5 Å². The van der Waals surface area contributed by atoms with Crippen molar-refractivity contribution >= 4 is 21.8 Å². The number of alkyl halides is 3. The number of rotatable bonds is 5. The molecule has 1 unspecified atom stereocenters. The van der Waals surface area contributed by atoms with Crippen molar-refractivity contribution in [1.82, 2.24) is 9.55 Å². The summed E-state index contributed by atoms with van der Waals surface area (Å²) in [5.41, 5.74) is -0.0118. The monoisotopic (exact) mass is 400 g/mol. The van der Waals surface area contributed by atoms with E-state index in [-0.39, 0.29) is 18.7 Å². The molecule has 7 heteroatoms. The first kappa shape index (κ1) is 19.3. The fraction of sp³-hybridized carbons (Fsp3) is 0.227. The van der Waals surface area contributed by atoms with Gasteiger partial charge in [0.15, 0.2) is 0 Å². The zero-order chi connectivity index (χ0) is 20.6. The Morgan fingerprint density at radius 1 is 1.03 bits per heavy atom. The van der Waals surface area contributed by atoms with Crippen molar-refractivity contribution in [3.05, 3.63) is 72.1 Å². The molecule has 1 atom stereocenters. The van der Waals surface area contributed by atoms with Crippen LogP contribution in [0.3, 0.4) is 0 Å². The van der Waals surface area contributed by atoms with E-state index in [0.29, 0.717) is 17.1 Å². The Balaban J connectivity index is 1.67. The summed E-state index contributed by atoms with van der Waals surface area (Å²) in [5.74, 6) is 1.09. The summed E-state index contributed by atoms with van der Waals surface area (Å²) in [5, 5.41) is 11.9. The number of hydrogen-bond acceptors (Lipinski definition) is 3. The third kappa shape index (κ3) is 4.05. The largest absolute Gasteiger partial charge is 0.486 e. The zero-order valence-corrected chi connectivity index (χ0v) is 15.6. The summed E-state index contributed by atoms with van der Waals surface area (Å²) in [6.45, 7) is 1.89. The van der Waals surface area contributed by atoms with Gasteiger partial charge in [0.25, 0.3) is 0 Å². The van der Waals surface area contributed by atoms with E-state index in [1.165, 1.54) is 6.07 Å². The fourth-order valence-electron chi connectivity index (χ4n) is 3.34. The van der Waals surface area contributed by atoms with Gasteiger partial charge in [0.2, 0.25) is 0 Å². The SMILES string of the molecule is CC(O)Cn1c(COc2ccc3ccccc3c2)nc2cc(C(F)(F)F)ccc21. The number of halogens is 3. The molecule has 0 fully saturated rings. The number of aromatic nitrogens is 2. The molecule has 0 saturated carbocycles. The van der Waals surface area contributed by atoms with Crippen LogP contribution in [0, 0.1) is 0 Å². The van der Waals surface area contributed by atoms with Gasteiger partial charge in [-0.2, -0.15) is 13.2 Å². The lowest BCUT2D eigenvalue weighted by molar-refractivity contribution is -0.137. The second kappa shape index (κ2) is 7.40. The first-order chi connectivity index (χ1) is 13.8. The van der Waals surface area contributed by atoms with Gasteiger partial charge >= 0.3 is 6.18 Å². The van der Waals surface area contributed by atoms with Gasteiger partial charge in [-0.15, -0.1) is 0 Å². The number of aliphatic hydroxyl groups excluding tert-OH is 1. The maximum Gasteiger partial charge on any atom is 0.416 e. The van der Waals surface area contributed by atoms with E-state index in [2.05, 4.69) is 4.98 Å². The summed E-state index contributed by atoms with van der Waals surface area (Å²) < 4.78 is 46.7. The van der Waals surface area contributed by atoms with Crippen LogP contribution in [0.25, 0.3) is 21.8 Å². The first-order valence-corrected chi connectivity index (χ1v) is 9.17. The Kier molecular flexibility index (Phi) is 4.92. The Labute approximate surface area is 165 Å². The fourth-order valence-corrected chi connectivity index (χ4v) is 3.34. The van der Waals surface area contributed by atoms with Crippen LogP contribution in [-0.4, -0.2) is 20.8 Å². The van der Waals surface area contributed by atoms with Crippen LogP contribution in [0.4, 0.5) is 13.2 Å². The van der Waals surface area contributed by atoms with E-state index in [0.717, 1.165) is 22.9 Å². The molecule has 0 aliphatic heterocycles. The third-order valence-corrected chi connectivity index (χ3v) is 4.69. The van der Waals surface area contributed by atoms with Crippen molar-refractivity contribution in [3.63, 3.8) is 0 Å². The Morgan fingerprint density at radius 3 is 2.52 bits per heavy atom. The number of fused-ring (bicyclic) bond motifs is 2. The Morgan fingerprint density at radius 2 is 1.79 bits per heavy atom. The molecule has 1 N–H and O–H groups in total. The molecule has 0 amide bonds. The van der Waals surface area contributed by atoms with E-state index in [9.17, 15) is 18.3 Å². The minimum absolute atomic E-state index is 0.0705. The van der Waals surface area contributed by atoms with Crippen molar-refractivity contribution in [2.24, 2.45) is 0 Å². The maximum atomic E-state index is 13.0. The number of imidazole rings is 1. The standard InChI is InChI=1S/C22H19F3N2O2/c1-14(28)12-27-20-9-7-17(22(23,24)25)11-19(20)26-21(27)13-29-18-8-6-15-4-2-3-5-16(15)10-18/h2-11,14,28H,12-13H2,1H3. The minimum atomic E-state index is -4.44. The number of hydrogen-bond donors (Lipinski definition) is 1. The molecule has 0 saturated heterocycles. The van der Waals surface area contributed by atoms with Crippen molar-refractivity contribution in [2.45, 2.75) is 32.4 Å². The highest BCUT2D eigenvalue weighted by molar-refractivity contribution is 5.83. The molecular weight excluding hydrogens is 381 g/mol. The number of ether oxygens (including phenoxy) is 1. The highest BCUT2D eigenvalue weighted by Crippen LogP contribution is 2.32. The van der Waals surface area contributed by atoms with E-state index < -0.39 is 17.8 Å². The molecule has 0 bridgehead atoms. The van der Waals surface area contributed by atoms with Crippen molar-refractivity contribution in [2.75, 3.05) is 0 Å². The molecule has 0 radical (unpaired) electrons. The van der Waals surface area contributed by atoms with Gasteiger partial charge in [0, 0.05) is 0 Å². The van der Waals surface area contributed by atoms with Gasteiger partial charge in [0.1, 0.15) is 18.2 Å². The third-order valence-electron chi connectivity index (χ3n) is 4.69. The molecule has 0 aliphatic carbocycles. The molecule has 0 aliphatic rings. The average Bonchev–Trinajstić information content (AvgIpc) is 3.01. The average molecular weight is 400 g/mol. The van der Waals surface area contributed by atoms with Crippen LogP contribution in [0.2, 0.25) is 0 Å². The Bertz CT molecular complexity index is 1170. The molecule has 0 spiro atoms. The van der Waals surface area contributed by atoms with Crippen LogP contribution >= 0.6 is 0 Å². The topological polar surface area (TPSA) is 47.3 Å². The van der Waals surface area contributed by atoms with E-state index >= 15 is 0 Å². The molecular formula is C22H19F3N2O2. The molecule has 1 heterocycles. The normalized spacial score (nSPS) is 13.1. The van der Waals surface area contributed by atoms with E-state index in [1.807, 2.05) is 42.5 Å². The lowest BCUT2D eigenvalue weighted by Crippen LogP contribution is -2.15. The molecule has 4 aromatic rings. The van der Waals surface area contributed by atoms with Gasteiger partial charge in [-0.3, -0.25) is 0 Å². The van der Waals surface area contributed by atoms with Crippen molar-refractivity contribution in [1.29, 1.82) is 0 Å². The van der Waals surface area contributed by atoms with Gasteiger partial charge < -0.3 is 14.4 Å². The smallest absolute Gasteiger partial charge is 0.416 e. The molecule has 1 aromatic heterocycles. The van der Waals surface area contributed by atoms with E-state index in [4.69, 9.17) is 4.74 Å². The maximum absolute atomic E-state index is 13.0. The molecule has 4 rings (SSSR count). The van der Waals surface area contributed by atoms with Crippen molar-refractivity contribution in [3.8, 4) is 5.75 Å². The van der Waals surface area contributed by atoms with Crippen LogP contribution in [0.5, 0.6) is 5.75 Å². The minimum Gasteiger partial charge on any atom is -0.486 e. The van der Waals surface area contributed by atoms with Crippen LogP contribution < -0.4 is 4.74 Å². The number of nitrogens with zero attached hydrogens (tertiary/aromatic N) is 2. The predicted molar refractivity (Wildman–Crippen MR) is 105 cm³/mol. The van der Waals surface area contributed by atoms with Crippen LogP contribution in [0.1, 0.15) is 18.3 Å². The highest BCUT2D eigenvalue weighted by atomic mass is 19.4. The van der Waals surface area contributed by atoms with Crippen LogP contribution in [0.15, 0.2) is 60.7 Å². The second-order valence-corrected chi connectivity index (χ2v) is 6.99. The molecule has 150 valence electrons. The summed E-state index contributed by atoms with van der Waals surface area (Å²) >= 11 is 0. The lowest BCUT2D eigenvalue weighted by atomic mass is 10.1. The van der Waals surface area contributed by atoms with Crippen molar-refractivity contribution < 1.29 is 23.0 Å². The predicted octanol–water partition coefficient (Wildman–Crippen LogP) is 5.17.